The molecule has 0 N–H and O–H groups in total. The Bertz CT molecular complexity index is 544. The van der Waals surface area contributed by atoms with E-state index in [1.807, 2.05) is 0 Å². The third kappa shape index (κ3) is 1.29. The first-order valence-corrected chi connectivity index (χ1v) is 5.48. The summed E-state index contributed by atoms with van der Waals surface area (Å²) in [6.07, 6.45) is 2.72. The fraction of sp³-hybridized carbons (Fsp3) is 0.143. The van der Waals surface area contributed by atoms with Crippen LogP contribution in [0.4, 0.5) is 0 Å². The second-order valence-corrected chi connectivity index (χ2v) is 4.59. The van der Waals surface area contributed by atoms with Gasteiger partial charge in [-0.2, -0.15) is 0 Å². The molecule has 68 valence electrons. The van der Waals surface area contributed by atoms with Crippen LogP contribution in [-0.2, 0) is 9.84 Å². The topological polar surface area (TPSA) is 64.3 Å². The Morgan fingerprint density at radius 3 is 2.77 bits per heavy atom. The van der Waals surface area contributed by atoms with Gasteiger partial charge in [0.1, 0.15) is 0 Å². The van der Waals surface area contributed by atoms with Gasteiger partial charge in [-0.25, -0.2) is 8.42 Å². The van der Waals surface area contributed by atoms with E-state index in [9.17, 15) is 8.42 Å². The number of pyridine rings is 1. The highest BCUT2D eigenvalue weighted by Gasteiger charge is 2.14. The van der Waals surface area contributed by atoms with Gasteiger partial charge < -0.3 is 0 Å². The Balaban J connectivity index is 2.87. The van der Waals surface area contributed by atoms with Crippen molar-refractivity contribution in [1.82, 2.24) is 14.6 Å². The van der Waals surface area contributed by atoms with Crippen LogP contribution in [0.1, 0.15) is 0 Å². The Kier molecular flexibility index (Phi) is 1.59. The van der Waals surface area contributed by atoms with Gasteiger partial charge in [-0.05, 0) is 12.1 Å². The Morgan fingerprint density at radius 2 is 2.08 bits per heavy atom. The lowest BCUT2D eigenvalue weighted by molar-refractivity contribution is 0.591. The van der Waals surface area contributed by atoms with E-state index < -0.39 is 9.84 Å². The third-order valence-electron chi connectivity index (χ3n) is 1.61. The van der Waals surface area contributed by atoms with Gasteiger partial charge in [0, 0.05) is 12.5 Å². The highest BCUT2D eigenvalue weighted by molar-refractivity contribution is 7.90. The lowest BCUT2D eigenvalue weighted by atomic mass is 10.5. The summed E-state index contributed by atoms with van der Waals surface area (Å²) in [5.41, 5.74) is 0.530. The van der Waals surface area contributed by atoms with Crippen molar-refractivity contribution >= 4 is 15.5 Å². The molecular formula is C7H7N3O2S. The average molecular weight is 197 g/mol. The summed E-state index contributed by atoms with van der Waals surface area (Å²) in [5.74, 6) is 0. The average Bonchev–Trinajstić information content (AvgIpc) is 2.45. The van der Waals surface area contributed by atoms with Gasteiger partial charge in [0.15, 0.2) is 5.65 Å². The molecule has 0 saturated heterocycles. The molecule has 2 aromatic heterocycles. The summed E-state index contributed by atoms with van der Waals surface area (Å²) in [7, 11) is -3.30. The molecule has 5 nitrogen and oxygen atoms in total. The maximum absolute atomic E-state index is 11.2. The first-order chi connectivity index (χ1) is 6.09. The quantitative estimate of drug-likeness (QED) is 0.652. The molecule has 13 heavy (non-hydrogen) atoms. The van der Waals surface area contributed by atoms with Gasteiger partial charge in [0.25, 0.3) is 5.16 Å². The summed E-state index contributed by atoms with van der Waals surface area (Å²) in [6.45, 7) is 0. The number of hydrogen-bond donors (Lipinski definition) is 0. The zero-order valence-corrected chi connectivity index (χ0v) is 7.69. The van der Waals surface area contributed by atoms with Crippen molar-refractivity contribution in [2.45, 2.75) is 5.16 Å². The van der Waals surface area contributed by atoms with Gasteiger partial charge in [-0.3, -0.25) is 4.40 Å². The Morgan fingerprint density at radius 1 is 1.31 bits per heavy atom. The molecule has 2 aromatic rings. The lowest BCUT2D eigenvalue weighted by Crippen LogP contribution is -2.03. The molecule has 0 saturated carbocycles. The molecule has 0 aromatic carbocycles. The molecule has 0 aliphatic heterocycles. The fourth-order valence-corrected chi connectivity index (χ4v) is 1.77. The molecular weight excluding hydrogens is 190 g/mol. The highest BCUT2D eigenvalue weighted by Crippen LogP contribution is 2.07. The van der Waals surface area contributed by atoms with E-state index in [0.29, 0.717) is 5.65 Å². The van der Waals surface area contributed by atoms with Crippen LogP contribution in [-0.4, -0.2) is 29.3 Å². The number of aromatic nitrogens is 3. The zero-order chi connectivity index (χ0) is 9.47. The molecule has 0 aliphatic rings. The summed E-state index contributed by atoms with van der Waals surface area (Å²) in [6, 6.07) is 5.20. The fourth-order valence-electron chi connectivity index (χ4n) is 1.07. The molecule has 0 spiro atoms. The molecule has 0 radical (unpaired) electrons. The number of nitrogens with zero attached hydrogens (tertiary/aromatic N) is 3. The van der Waals surface area contributed by atoms with Crippen molar-refractivity contribution in [2.24, 2.45) is 0 Å². The minimum absolute atomic E-state index is 0.0249. The van der Waals surface area contributed by atoms with Gasteiger partial charge in [-0.1, -0.05) is 6.07 Å². The number of fused-ring (bicyclic) bond motifs is 1. The van der Waals surface area contributed by atoms with E-state index in [-0.39, 0.29) is 5.16 Å². The molecule has 0 amide bonds. The SMILES string of the molecule is CS(=O)(=O)c1nnc2ccccn12. The van der Waals surface area contributed by atoms with Crippen molar-refractivity contribution in [3.05, 3.63) is 24.4 Å². The van der Waals surface area contributed by atoms with E-state index in [4.69, 9.17) is 0 Å². The van der Waals surface area contributed by atoms with Crippen LogP contribution in [0.15, 0.2) is 29.6 Å². The van der Waals surface area contributed by atoms with E-state index in [0.717, 1.165) is 6.26 Å². The van der Waals surface area contributed by atoms with Gasteiger partial charge in [-0.15, -0.1) is 10.2 Å². The van der Waals surface area contributed by atoms with Crippen molar-refractivity contribution in [1.29, 1.82) is 0 Å². The smallest absolute Gasteiger partial charge is 0.253 e. The predicted molar refractivity (Wildman–Crippen MR) is 46.1 cm³/mol. The standard InChI is InChI=1S/C7H7N3O2S/c1-13(11,12)7-9-8-6-4-2-3-5-10(6)7/h2-5H,1H3. The summed E-state index contributed by atoms with van der Waals surface area (Å²) < 4.78 is 23.8. The van der Waals surface area contributed by atoms with Crippen LogP contribution in [0.5, 0.6) is 0 Å². The summed E-state index contributed by atoms with van der Waals surface area (Å²) in [4.78, 5) is 0. The molecule has 0 fully saturated rings. The molecule has 0 bridgehead atoms. The van der Waals surface area contributed by atoms with E-state index >= 15 is 0 Å². The second kappa shape index (κ2) is 2.53. The predicted octanol–water partition coefficient (Wildman–Crippen LogP) is 0.133. The molecule has 2 heterocycles. The maximum atomic E-state index is 11.2. The van der Waals surface area contributed by atoms with Crippen molar-refractivity contribution < 1.29 is 8.42 Å². The van der Waals surface area contributed by atoms with Crippen LogP contribution in [0.25, 0.3) is 5.65 Å². The van der Waals surface area contributed by atoms with E-state index in [1.54, 1.807) is 24.4 Å². The first-order valence-electron chi connectivity index (χ1n) is 3.59. The molecule has 6 heteroatoms. The van der Waals surface area contributed by atoms with Crippen LogP contribution in [0, 0.1) is 0 Å². The number of rotatable bonds is 1. The van der Waals surface area contributed by atoms with Crippen LogP contribution in [0.3, 0.4) is 0 Å². The van der Waals surface area contributed by atoms with Crippen LogP contribution >= 0.6 is 0 Å². The highest BCUT2D eigenvalue weighted by atomic mass is 32.2. The van der Waals surface area contributed by atoms with E-state index in [1.165, 1.54) is 4.40 Å². The van der Waals surface area contributed by atoms with Crippen LogP contribution < -0.4 is 0 Å². The Labute approximate surface area is 74.9 Å². The van der Waals surface area contributed by atoms with Crippen LogP contribution in [0.2, 0.25) is 0 Å². The Hall–Kier alpha value is -1.43. The minimum atomic E-state index is -3.30. The number of hydrogen-bond acceptors (Lipinski definition) is 4. The van der Waals surface area contributed by atoms with E-state index in [2.05, 4.69) is 10.2 Å². The van der Waals surface area contributed by atoms with Gasteiger partial charge in [0.2, 0.25) is 9.84 Å². The molecule has 0 unspecified atom stereocenters. The molecule has 0 atom stereocenters. The van der Waals surface area contributed by atoms with Gasteiger partial charge >= 0.3 is 0 Å². The maximum Gasteiger partial charge on any atom is 0.253 e. The summed E-state index contributed by atoms with van der Waals surface area (Å²) in [5, 5.41) is 7.29. The zero-order valence-electron chi connectivity index (χ0n) is 6.88. The second-order valence-electron chi connectivity index (χ2n) is 2.68. The van der Waals surface area contributed by atoms with Crippen molar-refractivity contribution in [3.8, 4) is 0 Å². The van der Waals surface area contributed by atoms with Crippen molar-refractivity contribution in [3.63, 3.8) is 0 Å². The number of sulfone groups is 1. The summed E-state index contributed by atoms with van der Waals surface area (Å²) >= 11 is 0. The lowest BCUT2D eigenvalue weighted by Gasteiger charge is -1.94. The van der Waals surface area contributed by atoms with Gasteiger partial charge in [0.05, 0.1) is 0 Å². The first kappa shape index (κ1) is 8.18. The van der Waals surface area contributed by atoms with Crippen molar-refractivity contribution in [2.75, 3.05) is 6.26 Å². The minimum Gasteiger partial charge on any atom is -0.273 e. The molecule has 2 rings (SSSR count). The largest absolute Gasteiger partial charge is 0.273 e. The normalized spacial score (nSPS) is 12.1. The monoisotopic (exact) mass is 197 g/mol. The third-order valence-corrected chi connectivity index (χ3v) is 2.56. The molecule has 0 aliphatic carbocycles.